The highest BCUT2D eigenvalue weighted by molar-refractivity contribution is 6.05. The molecular weight excluding hydrogens is 401 g/mol. The van der Waals surface area contributed by atoms with Crippen molar-refractivity contribution >= 4 is 22.5 Å². The van der Waals surface area contributed by atoms with E-state index in [1.54, 1.807) is 42.5 Å². The number of rotatable bonds is 5. The summed E-state index contributed by atoms with van der Waals surface area (Å²) >= 11 is 0. The number of hydrogen-bond donors (Lipinski definition) is 1. The minimum absolute atomic E-state index is 0.305. The normalized spacial score (nSPS) is 10.7. The van der Waals surface area contributed by atoms with Gasteiger partial charge < -0.3 is 14.8 Å². The maximum absolute atomic E-state index is 13.4. The fourth-order valence-electron chi connectivity index (χ4n) is 3.19. The van der Waals surface area contributed by atoms with Crippen LogP contribution in [0.1, 0.15) is 10.5 Å². The standard InChI is InChI=1S/C23H18FN3O4/c1-30-16-11-12-18(20(13-16)31-2)25-23(29)21-22(28)17-5-3-4-6-19(17)27(26-21)15-9-7-14(24)8-10-15/h3-13H,1-2H3,(H,25,29). The fourth-order valence-corrected chi connectivity index (χ4v) is 3.19. The first-order valence-corrected chi connectivity index (χ1v) is 9.33. The molecule has 4 rings (SSSR count). The second kappa shape index (κ2) is 8.27. The Kier molecular flexibility index (Phi) is 5.36. The van der Waals surface area contributed by atoms with E-state index in [1.165, 1.54) is 43.2 Å². The average molecular weight is 419 g/mol. The monoisotopic (exact) mass is 419 g/mol. The molecule has 0 aliphatic heterocycles. The van der Waals surface area contributed by atoms with Crippen LogP contribution >= 0.6 is 0 Å². The van der Waals surface area contributed by atoms with Crippen molar-refractivity contribution in [1.82, 2.24) is 9.78 Å². The number of hydrogen-bond acceptors (Lipinski definition) is 5. The fraction of sp³-hybridized carbons (Fsp3) is 0.0870. The number of para-hydroxylation sites is 1. The Morgan fingerprint density at radius 1 is 1.00 bits per heavy atom. The van der Waals surface area contributed by atoms with Crippen LogP contribution in [0.2, 0.25) is 0 Å². The molecule has 3 aromatic carbocycles. The van der Waals surface area contributed by atoms with Gasteiger partial charge >= 0.3 is 0 Å². The molecule has 0 atom stereocenters. The van der Waals surface area contributed by atoms with Gasteiger partial charge in [0, 0.05) is 6.07 Å². The Bertz CT molecular complexity index is 1330. The summed E-state index contributed by atoms with van der Waals surface area (Å²) in [6.45, 7) is 0. The lowest BCUT2D eigenvalue weighted by Gasteiger charge is -2.14. The van der Waals surface area contributed by atoms with Gasteiger partial charge in [-0.05, 0) is 48.5 Å². The topological polar surface area (TPSA) is 82.5 Å². The van der Waals surface area contributed by atoms with Crippen LogP contribution in [0.4, 0.5) is 10.1 Å². The lowest BCUT2D eigenvalue weighted by Crippen LogP contribution is -2.27. The van der Waals surface area contributed by atoms with E-state index in [9.17, 15) is 14.0 Å². The number of methoxy groups -OCH3 is 2. The molecule has 156 valence electrons. The molecule has 4 aromatic rings. The number of carbonyl (C=O) groups excluding carboxylic acids is 1. The van der Waals surface area contributed by atoms with Gasteiger partial charge in [-0.25, -0.2) is 9.07 Å². The molecule has 1 aromatic heterocycles. The van der Waals surface area contributed by atoms with Crippen molar-refractivity contribution < 1.29 is 18.7 Å². The Morgan fingerprint density at radius 3 is 2.45 bits per heavy atom. The van der Waals surface area contributed by atoms with Crippen molar-refractivity contribution in [2.45, 2.75) is 0 Å². The number of amides is 1. The van der Waals surface area contributed by atoms with E-state index in [1.807, 2.05) is 0 Å². The summed E-state index contributed by atoms with van der Waals surface area (Å²) in [7, 11) is 2.98. The second-order valence-electron chi connectivity index (χ2n) is 6.60. The van der Waals surface area contributed by atoms with Gasteiger partial charge in [0.05, 0.1) is 36.5 Å². The highest BCUT2D eigenvalue weighted by atomic mass is 19.1. The van der Waals surface area contributed by atoms with Crippen LogP contribution in [0.3, 0.4) is 0 Å². The Balaban J connectivity index is 1.82. The largest absolute Gasteiger partial charge is 0.497 e. The van der Waals surface area contributed by atoms with Crippen LogP contribution in [0.15, 0.2) is 71.5 Å². The third kappa shape index (κ3) is 3.83. The van der Waals surface area contributed by atoms with Gasteiger partial charge in [0.15, 0.2) is 5.69 Å². The zero-order chi connectivity index (χ0) is 22.0. The maximum Gasteiger partial charge on any atom is 0.280 e. The summed E-state index contributed by atoms with van der Waals surface area (Å²) < 4.78 is 25.3. The van der Waals surface area contributed by atoms with Crippen LogP contribution in [0.5, 0.6) is 11.5 Å². The van der Waals surface area contributed by atoms with Gasteiger partial charge in [0.1, 0.15) is 17.3 Å². The first kappa shape index (κ1) is 20.1. The van der Waals surface area contributed by atoms with E-state index in [0.29, 0.717) is 33.8 Å². The molecule has 31 heavy (non-hydrogen) atoms. The van der Waals surface area contributed by atoms with Gasteiger partial charge in [-0.2, -0.15) is 5.10 Å². The molecule has 0 aliphatic carbocycles. The smallest absolute Gasteiger partial charge is 0.280 e. The van der Waals surface area contributed by atoms with Gasteiger partial charge in [0.2, 0.25) is 5.43 Å². The molecule has 0 aliphatic rings. The molecule has 0 saturated heterocycles. The first-order chi connectivity index (χ1) is 15.0. The van der Waals surface area contributed by atoms with Gasteiger partial charge in [0.25, 0.3) is 5.91 Å². The summed E-state index contributed by atoms with van der Waals surface area (Å²) in [5.41, 5.74) is 0.544. The van der Waals surface area contributed by atoms with E-state index in [0.717, 1.165) is 0 Å². The highest BCUT2D eigenvalue weighted by Crippen LogP contribution is 2.29. The summed E-state index contributed by atoms with van der Waals surface area (Å²) in [5, 5.41) is 7.27. The second-order valence-corrected chi connectivity index (χ2v) is 6.60. The zero-order valence-corrected chi connectivity index (χ0v) is 16.8. The molecular formula is C23H18FN3O4. The highest BCUT2D eigenvalue weighted by Gasteiger charge is 2.19. The number of carbonyl (C=O) groups is 1. The number of benzene rings is 3. The van der Waals surface area contributed by atoms with Gasteiger partial charge in [-0.15, -0.1) is 0 Å². The van der Waals surface area contributed by atoms with Crippen molar-refractivity contribution in [3.8, 4) is 17.2 Å². The number of nitrogens with zero attached hydrogens (tertiary/aromatic N) is 2. The molecule has 0 bridgehead atoms. The average Bonchev–Trinajstić information content (AvgIpc) is 2.80. The summed E-state index contributed by atoms with van der Waals surface area (Å²) in [5.74, 6) is -0.182. The number of halogens is 1. The third-order valence-electron chi connectivity index (χ3n) is 4.74. The minimum atomic E-state index is -0.699. The molecule has 8 heteroatoms. The molecule has 0 fully saturated rings. The molecule has 0 spiro atoms. The number of nitrogens with one attached hydrogen (secondary N) is 1. The van der Waals surface area contributed by atoms with Crippen molar-refractivity contribution in [1.29, 1.82) is 0 Å². The molecule has 1 amide bonds. The lowest BCUT2D eigenvalue weighted by atomic mass is 10.1. The van der Waals surface area contributed by atoms with Crippen molar-refractivity contribution in [2.24, 2.45) is 0 Å². The SMILES string of the molecule is COc1ccc(NC(=O)c2nn(-c3ccc(F)cc3)c3ccccc3c2=O)c(OC)c1. The summed E-state index contributed by atoms with van der Waals surface area (Å²) in [6.07, 6.45) is 0. The van der Waals surface area contributed by atoms with Gasteiger partial charge in [-0.3, -0.25) is 9.59 Å². The van der Waals surface area contributed by atoms with E-state index in [2.05, 4.69) is 10.4 Å². The minimum Gasteiger partial charge on any atom is -0.497 e. The van der Waals surface area contributed by atoms with Crippen LogP contribution in [0, 0.1) is 5.82 Å². The molecule has 1 heterocycles. The van der Waals surface area contributed by atoms with Crippen molar-refractivity contribution in [2.75, 3.05) is 19.5 Å². The van der Waals surface area contributed by atoms with E-state index in [4.69, 9.17) is 9.47 Å². The molecule has 0 saturated carbocycles. The molecule has 1 N–H and O–H groups in total. The van der Waals surface area contributed by atoms with Crippen LogP contribution in [-0.4, -0.2) is 29.9 Å². The predicted molar refractivity (Wildman–Crippen MR) is 115 cm³/mol. The first-order valence-electron chi connectivity index (χ1n) is 9.33. The van der Waals surface area contributed by atoms with Crippen LogP contribution in [-0.2, 0) is 0 Å². The number of fused-ring (bicyclic) bond motifs is 1. The van der Waals surface area contributed by atoms with E-state index < -0.39 is 17.2 Å². The number of aromatic nitrogens is 2. The third-order valence-corrected chi connectivity index (χ3v) is 4.74. The van der Waals surface area contributed by atoms with Crippen LogP contribution < -0.4 is 20.2 Å². The predicted octanol–water partition coefficient (Wildman–Crippen LogP) is 3.79. The summed E-state index contributed by atoms with van der Waals surface area (Å²) in [4.78, 5) is 26.0. The van der Waals surface area contributed by atoms with Gasteiger partial charge in [-0.1, -0.05) is 12.1 Å². The van der Waals surface area contributed by atoms with E-state index in [-0.39, 0.29) is 5.69 Å². The van der Waals surface area contributed by atoms with E-state index >= 15 is 0 Å². The zero-order valence-electron chi connectivity index (χ0n) is 16.8. The molecule has 0 unspecified atom stereocenters. The Labute approximate surface area is 176 Å². The van der Waals surface area contributed by atoms with Crippen LogP contribution in [0.25, 0.3) is 16.6 Å². The molecule has 0 radical (unpaired) electrons. The lowest BCUT2D eigenvalue weighted by molar-refractivity contribution is 0.101. The number of anilines is 1. The maximum atomic E-state index is 13.4. The van der Waals surface area contributed by atoms with Crippen molar-refractivity contribution in [3.63, 3.8) is 0 Å². The Hall–Kier alpha value is -4.20. The summed E-state index contributed by atoms with van der Waals surface area (Å²) in [6, 6.07) is 17.3. The molecule has 7 nitrogen and oxygen atoms in total. The number of ether oxygens (including phenoxy) is 2. The Morgan fingerprint density at radius 2 is 1.74 bits per heavy atom. The van der Waals surface area contributed by atoms with Crippen molar-refractivity contribution in [3.05, 3.63) is 88.5 Å². The quantitative estimate of drug-likeness (QED) is 0.532.